The topological polar surface area (TPSA) is 3.24 Å². The van der Waals surface area contributed by atoms with Gasteiger partial charge in [-0.3, -0.25) is 0 Å². The normalized spacial score (nSPS) is 16.7. The number of halogens is 1. The Morgan fingerprint density at radius 2 is 1.29 bits per heavy atom. The van der Waals surface area contributed by atoms with Crippen molar-refractivity contribution in [3.63, 3.8) is 0 Å². The quantitative estimate of drug-likeness (QED) is 0.193. The summed E-state index contributed by atoms with van der Waals surface area (Å²) in [5, 5.41) is 0. The van der Waals surface area contributed by atoms with Crippen molar-refractivity contribution in [1.82, 2.24) is 0 Å². The van der Waals surface area contributed by atoms with Crippen LogP contribution in [0.2, 0.25) is 0 Å². The lowest BCUT2D eigenvalue weighted by atomic mass is 9.72. The van der Waals surface area contributed by atoms with Crippen LogP contribution in [0.1, 0.15) is 67.5 Å². The molecule has 1 aliphatic heterocycles. The third-order valence-electron chi connectivity index (χ3n) is 9.97. The SMILES string of the molecule is CC1(C)c2cc(Br)ccc2-c2ccc(-c3ccc4c(c3)C(C)(C)c3ccccc3N4c3ccc4c(c3)C=CCC4)cc21. The van der Waals surface area contributed by atoms with Gasteiger partial charge in [-0.25, -0.2) is 0 Å². The number of allylic oxidation sites excluding steroid dienone is 1. The van der Waals surface area contributed by atoms with E-state index in [1.807, 2.05) is 0 Å². The first-order valence-electron chi connectivity index (χ1n) is 15.0. The molecule has 0 atom stereocenters. The van der Waals surface area contributed by atoms with Crippen molar-refractivity contribution >= 4 is 39.1 Å². The van der Waals surface area contributed by atoms with Crippen LogP contribution in [-0.4, -0.2) is 0 Å². The van der Waals surface area contributed by atoms with E-state index in [1.165, 1.54) is 72.7 Å². The monoisotopic (exact) mass is 607 g/mol. The first-order valence-corrected chi connectivity index (χ1v) is 15.8. The van der Waals surface area contributed by atoms with E-state index in [-0.39, 0.29) is 10.8 Å². The molecular formula is C40H34BrN. The molecule has 0 fully saturated rings. The highest BCUT2D eigenvalue weighted by molar-refractivity contribution is 9.10. The Labute approximate surface area is 257 Å². The van der Waals surface area contributed by atoms with Crippen LogP contribution < -0.4 is 4.90 Å². The van der Waals surface area contributed by atoms with Crippen molar-refractivity contribution in [3.8, 4) is 22.3 Å². The van der Waals surface area contributed by atoms with Gasteiger partial charge in [-0.05, 0) is 117 Å². The summed E-state index contributed by atoms with van der Waals surface area (Å²) in [6, 6.07) is 36.9. The molecule has 0 N–H and O–H groups in total. The maximum absolute atomic E-state index is 3.70. The summed E-state index contributed by atoms with van der Waals surface area (Å²) in [7, 11) is 0. The van der Waals surface area contributed by atoms with E-state index in [2.05, 4.69) is 158 Å². The molecule has 2 heteroatoms. The van der Waals surface area contributed by atoms with Gasteiger partial charge in [0.1, 0.15) is 0 Å². The van der Waals surface area contributed by atoms with Gasteiger partial charge in [0.05, 0.1) is 11.4 Å². The minimum Gasteiger partial charge on any atom is -0.310 e. The lowest BCUT2D eigenvalue weighted by Crippen LogP contribution is -2.30. The zero-order valence-electron chi connectivity index (χ0n) is 24.6. The zero-order chi connectivity index (χ0) is 28.8. The number of rotatable bonds is 2. The number of anilines is 3. The molecule has 0 saturated carbocycles. The molecule has 1 heterocycles. The number of benzene rings is 5. The second-order valence-electron chi connectivity index (χ2n) is 13.1. The minimum absolute atomic E-state index is 0.0471. The standard InChI is InChI=1S/C40H34BrN/c1-39(2)33-11-7-8-12-37(33)42(30-17-13-25-9-5-6-10-26(25)21-30)38-20-15-28(23-36(38)39)27-14-18-31-32-19-16-29(41)24-35(32)40(3,4)34(31)22-27/h6-8,10-24H,5,9H2,1-4H3. The van der Waals surface area contributed by atoms with Crippen molar-refractivity contribution < 1.29 is 0 Å². The second-order valence-corrected chi connectivity index (χ2v) is 14.0. The van der Waals surface area contributed by atoms with E-state index in [0.717, 1.165) is 17.3 Å². The number of nitrogens with zero attached hydrogens (tertiary/aromatic N) is 1. The van der Waals surface area contributed by atoms with Crippen molar-refractivity contribution in [2.75, 3.05) is 4.90 Å². The summed E-state index contributed by atoms with van der Waals surface area (Å²) in [6.45, 7) is 9.46. The molecule has 2 aliphatic carbocycles. The Kier molecular flexibility index (Phi) is 5.56. The summed E-state index contributed by atoms with van der Waals surface area (Å²) in [5.41, 5.74) is 17.1. The fourth-order valence-electron chi connectivity index (χ4n) is 7.60. The van der Waals surface area contributed by atoms with E-state index in [9.17, 15) is 0 Å². The molecule has 1 nitrogen and oxygen atoms in total. The Bertz CT molecular complexity index is 1960. The van der Waals surface area contributed by atoms with Gasteiger partial charge in [0.25, 0.3) is 0 Å². The summed E-state index contributed by atoms with van der Waals surface area (Å²) in [5.74, 6) is 0. The molecule has 5 aromatic carbocycles. The number of para-hydroxylation sites is 1. The van der Waals surface area contributed by atoms with E-state index < -0.39 is 0 Å². The molecule has 0 bridgehead atoms. The first kappa shape index (κ1) is 25.8. The van der Waals surface area contributed by atoms with Crippen molar-refractivity contribution in [3.05, 3.63) is 141 Å². The minimum atomic E-state index is -0.134. The molecule has 0 amide bonds. The molecule has 0 spiro atoms. The van der Waals surface area contributed by atoms with Gasteiger partial charge in [-0.2, -0.15) is 0 Å². The Morgan fingerprint density at radius 3 is 2.12 bits per heavy atom. The van der Waals surface area contributed by atoms with Gasteiger partial charge in [-0.15, -0.1) is 0 Å². The van der Waals surface area contributed by atoms with Gasteiger partial charge < -0.3 is 4.90 Å². The number of hydrogen-bond acceptors (Lipinski definition) is 1. The van der Waals surface area contributed by atoms with Gasteiger partial charge in [0, 0.05) is 21.0 Å². The van der Waals surface area contributed by atoms with Crippen LogP contribution in [0.5, 0.6) is 0 Å². The predicted octanol–water partition coefficient (Wildman–Crippen LogP) is 11.5. The molecule has 0 aromatic heterocycles. The summed E-state index contributed by atoms with van der Waals surface area (Å²) in [4.78, 5) is 2.47. The summed E-state index contributed by atoms with van der Waals surface area (Å²) < 4.78 is 1.14. The lowest BCUT2D eigenvalue weighted by molar-refractivity contribution is 0.632. The van der Waals surface area contributed by atoms with Crippen molar-refractivity contribution in [2.45, 2.75) is 51.4 Å². The largest absolute Gasteiger partial charge is 0.310 e. The van der Waals surface area contributed by atoms with Crippen LogP contribution in [-0.2, 0) is 17.3 Å². The Balaban J connectivity index is 1.28. The maximum Gasteiger partial charge on any atom is 0.0503 e. The average Bonchev–Trinajstić information content (AvgIpc) is 3.22. The van der Waals surface area contributed by atoms with E-state index in [1.54, 1.807) is 0 Å². The van der Waals surface area contributed by atoms with E-state index in [4.69, 9.17) is 0 Å². The number of fused-ring (bicyclic) bond motifs is 6. The van der Waals surface area contributed by atoms with Crippen LogP contribution in [0, 0.1) is 0 Å². The zero-order valence-corrected chi connectivity index (χ0v) is 26.2. The van der Waals surface area contributed by atoms with Gasteiger partial charge in [0.15, 0.2) is 0 Å². The average molecular weight is 609 g/mol. The van der Waals surface area contributed by atoms with Crippen LogP contribution >= 0.6 is 15.9 Å². The first-order chi connectivity index (χ1) is 20.2. The third kappa shape index (κ3) is 3.67. The molecule has 8 rings (SSSR count). The van der Waals surface area contributed by atoms with Crippen LogP contribution in [0.15, 0.2) is 108 Å². The molecule has 0 radical (unpaired) electrons. The fourth-order valence-corrected chi connectivity index (χ4v) is 7.97. The highest BCUT2D eigenvalue weighted by Gasteiger charge is 2.38. The predicted molar refractivity (Wildman–Crippen MR) is 181 cm³/mol. The highest BCUT2D eigenvalue weighted by Crippen LogP contribution is 2.54. The van der Waals surface area contributed by atoms with E-state index >= 15 is 0 Å². The Morgan fingerprint density at radius 1 is 0.619 bits per heavy atom. The summed E-state index contributed by atoms with van der Waals surface area (Å²) >= 11 is 3.70. The third-order valence-corrected chi connectivity index (χ3v) is 10.5. The molecule has 5 aromatic rings. The van der Waals surface area contributed by atoms with Crippen molar-refractivity contribution in [2.24, 2.45) is 0 Å². The van der Waals surface area contributed by atoms with Crippen LogP contribution in [0.4, 0.5) is 17.1 Å². The van der Waals surface area contributed by atoms with Gasteiger partial charge >= 0.3 is 0 Å². The second kappa shape index (κ2) is 9.06. The van der Waals surface area contributed by atoms with Gasteiger partial charge in [-0.1, -0.05) is 104 Å². The van der Waals surface area contributed by atoms with Gasteiger partial charge in [0.2, 0.25) is 0 Å². The maximum atomic E-state index is 3.70. The molecule has 3 aliphatic rings. The molecule has 0 unspecified atom stereocenters. The smallest absolute Gasteiger partial charge is 0.0503 e. The molecule has 42 heavy (non-hydrogen) atoms. The van der Waals surface area contributed by atoms with Crippen LogP contribution in [0.3, 0.4) is 0 Å². The molecule has 0 saturated heterocycles. The molecular weight excluding hydrogens is 574 g/mol. The van der Waals surface area contributed by atoms with Crippen molar-refractivity contribution in [1.29, 1.82) is 0 Å². The highest BCUT2D eigenvalue weighted by atomic mass is 79.9. The lowest BCUT2D eigenvalue weighted by Gasteiger charge is -2.42. The fraction of sp³-hybridized carbons (Fsp3) is 0.200. The van der Waals surface area contributed by atoms with Crippen LogP contribution in [0.25, 0.3) is 28.3 Å². The van der Waals surface area contributed by atoms with E-state index in [0.29, 0.717) is 0 Å². The summed E-state index contributed by atoms with van der Waals surface area (Å²) in [6.07, 6.45) is 6.84. The number of aryl methyl sites for hydroxylation is 1. The molecule has 206 valence electrons. The Hall–Kier alpha value is -3.88. The number of hydrogen-bond donors (Lipinski definition) is 0.